The van der Waals surface area contributed by atoms with Crippen molar-refractivity contribution in [2.24, 2.45) is 0 Å². The SMILES string of the molecule is CCC(O)(CC)C(=O)Cc1ccc(S(C)(=O)=O)cc1. The quantitative estimate of drug-likeness (QED) is 0.864. The summed E-state index contributed by atoms with van der Waals surface area (Å²) in [6.07, 6.45) is 2.01. The van der Waals surface area contributed by atoms with Gasteiger partial charge in [0, 0.05) is 12.7 Å². The molecule has 0 radical (unpaired) electrons. The highest BCUT2D eigenvalue weighted by molar-refractivity contribution is 7.90. The van der Waals surface area contributed by atoms with Crippen LogP contribution in [0.3, 0.4) is 0 Å². The first kappa shape index (κ1) is 15.9. The second-order valence-corrected chi connectivity index (χ2v) is 6.77. The second-order valence-electron chi connectivity index (χ2n) is 4.75. The Morgan fingerprint density at radius 2 is 1.63 bits per heavy atom. The number of benzene rings is 1. The molecule has 0 atom stereocenters. The standard InChI is InChI=1S/C14H20O4S/c1-4-14(16,5-2)13(15)10-11-6-8-12(9-7-11)19(3,17)18/h6-9,16H,4-5,10H2,1-3H3. The van der Waals surface area contributed by atoms with Crippen LogP contribution in [0.15, 0.2) is 29.2 Å². The third kappa shape index (κ3) is 3.88. The molecule has 4 nitrogen and oxygen atoms in total. The van der Waals surface area contributed by atoms with Crippen molar-refractivity contribution in [3.8, 4) is 0 Å². The molecule has 106 valence electrons. The fraction of sp³-hybridized carbons (Fsp3) is 0.500. The number of aliphatic hydroxyl groups is 1. The summed E-state index contributed by atoms with van der Waals surface area (Å²) in [6.45, 7) is 3.54. The monoisotopic (exact) mass is 284 g/mol. The van der Waals surface area contributed by atoms with Gasteiger partial charge in [-0.2, -0.15) is 0 Å². The number of hydrogen-bond acceptors (Lipinski definition) is 4. The Kier molecular flexibility index (Phi) is 4.87. The summed E-state index contributed by atoms with van der Waals surface area (Å²) in [5.41, 5.74) is -0.576. The van der Waals surface area contributed by atoms with E-state index in [9.17, 15) is 18.3 Å². The largest absolute Gasteiger partial charge is 0.382 e. The van der Waals surface area contributed by atoms with Crippen LogP contribution in [0.5, 0.6) is 0 Å². The summed E-state index contributed by atoms with van der Waals surface area (Å²) in [6, 6.07) is 6.18. The number of carbonyl (C=O) groups excluding carboxylic acids is 1. The number of sulfone groups is 1. The molecule has 1 N–H and O–H groups in total. The zero-order valence-corrected chi connectivity index (χ0v) is 12.3. The summed E-state index contributed by atoms with van der Waals surface area (Å²) in [5, 5.41) is 10.1. The first-order valence-electron chi connectivity index (χ1n) is 6.27. The van der Waals surface area contributed by atoms with Gasteiger partial charge in [0.15, 0.2) is 15.6 Å². The molecule has 0 aromatic heterocycles. The molecular weight excluding hydrogens is 264 g/mol. The maximum absolute atomic E-state index is 12.0. The molecule has 0 aliphatic carbocycles. The van der Waals surface area contributed by atoms with Crippen LogP contribution in [-0.2, 0) is 21.1 Å². The van der Waals surface area contributed by atoms with Crippen molar-refractivity contribution in [2.75, 3.05) is 6.26 Å². The van der Waals surface area contributed by atoms with Crippen LogP contribution in [0, 0.1) is 0 Å². The Morgan fingerprint density at radius 1 is 1.16 bits per heavy atom. The lowest BCUT2D eigenvalue weighted by Crippen LogP contribution is -2.38. The molecule has 0 bridgehead atoms. The Labute approximate surface area is 114 Å². The Bertz CT molecular complexity index is 539. The van der Waals surface area contributed by atoms with Crippen molar-refractivity contribution in [1.29, 1.82) is 0 Å². The average Bonchev–Trinajstić information content (AvgIpc) is 2.37. The third-order valence-electron chi connectivity index (χ3n) is 3.41. The van der Waals surface area contributed by atoms with E-state index >= 15 is 0 Å². The van der Waals surface area contributed by atoms with E-state index in [4.69, 9.17) is 0 Å². The lowest BCUT2D eigenvalue weighted by molar-refractivity contribution is -0.137. The van der Waals surface area contributed by atoms with Gasteiger partial charge in [0.2, 0.25) is 0 Å². The molecule has 5 heteroatoms. The topological polar surface area (TPSA) is 71.4 Å². The predicted molar refractivity (Wildman–Crippen MR) is 73.8 cm³/mol. The van der Waals surface area contributed by atoms with E-state index in [1.807, 2.05) is 0 Å². The van der Waals surface area contributed by atoms with Crippen molar-refractivity contribution in [1.82, 2.24) is 0 Å². The molecule has 0 saturated heterocycles. The number of carbonyl (C=O) groups is 1. The molecule has 0 aliphatic heterocycles. The highest BCUT2D eigenvalue weighted by atomic mass is 32.2. The van der Waals surface area contributed by atoms with Crippen LogP contribution >= 0.6 is 0 Å². The second kappa shape index (κ2) is 5.84. The molecule has 0 fully saturated rings. The molecule has 0 unspecified atom stereocenters. The van der Waals surface area contributed by atoms with Gasteiger partial charge >= 0.3 is 0 Å². The van der Waals surface area contributed by atoms with Crippen LogP contribution in [0.25, 0.3) is 0 Å². The summed E-state index contributed by atoms with van der Waals surface area (Å²) in [5.74, 6) is -0.232. The Balaban J connectivity index is 2.88. The molecule has 0 spiro atoms. The fourth-order valence-electron chi connectivity index (χ4n) is 1.85. The van der Waals surface area contributed by atoms with Gasteiger partial charge < -0.3 is 5.11 Å². The normalized spacial score (nSPS) is 12.4. The van der Waals surface area contributed by atoms with Gasteiger partial charge in [-0.1, -0.05) is 26.0 Å². The summed E-state index contributed by atoms with van der Waals surface area (Å²) >= 11 is 0. The summed E-state index contributed by atoms with van der Waals surface area (Å²) in [4.78, 5) is 12.2. The van der Waals surface area contributed by atoms with Gasteiger partial charge in [0.1, 0.15) is 5.60 Å². The van der Waals surface area contributed by atoms with Crippen LogP contribution < -0.4 is 0 Å². The fourth-order valence-corrected chi connectivity index (χ4v) is 2.48. The molecule has 19 heavy (non-hydrogen) atoms. The highest BCUT2D eigenvalue weighted by Crippen LogP contribution is 2.19. The maximum Gasteiger partial charge on any atom is 0.175 e. The van der Waals surface area contributed by atoms with E-state index in [2.05, 4.69) is 0 Å². The van der Waals surface area contributed by atoms with Crippen molar-refractivity contribution in [3.05, 3.63) is 29.8 Å². The highest BCUT2D eigenvalue weighted by Gasteiger charge is 2.31. The van der Waals surface area contributed by atoms with Gasteiger partial charge in [-0.25, -0.2) is 8.42 Å². The Hall–Kier alpha value is -1.20. The summed E-state index contributed by atoms with van der Waals surface area (Å²) < 4.78 is 22.6. The van der Waals surface area contributed by atoms with Gasteiger partial charge in [-0.15, -0.1) is 0 Å². The van der Waals surface area contributed by atoms with Gasteiger partial charge in [0.05, 0.1) is 4.90 Å². The third-order valence-corrected chi connectivity index (χ3v) is 4.53. The Morgan fingerprint density at radius 3 is 2.00 bits per heavy atom. The minimum absolute atomic E-state index is 0.113. The average molecular weight is 284 g/mol. The predicted octanol–water partition coefficient (Wildman–Crippen LogP) is 1.75. The molecule has 0 saturated carbocycles. The lowest BCUT2D eigenvalue weighted by atomic mass is 9.88. The number of Topliss-reactive ketones (excluding diaryl/α,β-unsaturated/α-hetero) is 1. The number of rotatable bonds is 6. The number of hydrogen-bond donors (Lipinski definition) is 1. The van der Waals surface area contributed by atoms with E-state index in [1.54, 1.807) is 26.0 Å². The van der Waals surface area contributed by atoms with E-state index in [1.165, 1.54) is 12.1 Å². The van der Waals surface area contributed by atoms with E-state index < -0.39 is 15.4 Å². The molecule has 0 aliphatic rings. The van der Waals surface area contributed by atoms with Crippen LogP contribution in [0.1, 0.15) is 32.3 Å². The summed E-state index contributed by atoms with van der Waals surface area (Å²) in [7, 11) is -3.22. The number of ketones is 1. The van der Waals surface area contributed by atoms with Crippen molar-refractivity contribution >= 4 is 15.6 Å². The smallest absolute Gasteiger partial charge is 0.175 e. The molecular formula is C14H20O4S. The van der Waals surface area contributed by atoms with E-state index in [0.29, 0.717) is 18.4 Å². The molecule has 1 aromatic carbocycles. The van der Waals surface area contributed by atoms with Crippen LogP contribution in [-0.4, -0.2) is 31.2 Å². The van der Waals surface area contributed by atoms with Gasteiger partial charge in [-0.3, -0.25) is 4.79 Å². The van der Waals surface area contributed by atoms with Crippen LogP contribution in [0.4, 0.5) is 0 Å². The van der Waals surface area contributed by atoms with Crippen molar-refractivity contribution < 1.29 is 18.3 Å². The molecule has 0 heterocycles. The maximum atomic E-state index is 12.0. The van der Waals surface area contributed by atoms with Crippen molar-refractivity contribution in [3.63, 3.8) is 0 Å². The zero-order chi connectivity index (χ0) is 14.7. The first-order valence-corrected chi connectivity index (χ1v) is 8.16. The minimum Gasteiger partial charge on any atom is -0.382 e. The van der Waals surface area contributed by atoms with E-state index in [0.717, 1.165) is 6.26 Å². The van der Waals surface area contributed by atoms with Crippen molar-refractivity contribution in [2.45, 2.75) is 43.6 Å². The molecule has 1 aromatic rings. The zero-order valence-electron chi connectivity index (χ0n) is 11.5. The lowest BCUT2D eigenvalue weighted by Gasteiger charge is -2.23. The first-order chi connectivity index (χ1) is 8.73. The van der Waals surface area contributed by atoms with Gasteiger partial charge in [0.25, 0.3) is 0 Å². The minimum atomic E-state index is -3.22. The van der Waals surface area contributed by atoms with Crippen LogP contribution in [0.2, 0.25) is 0 Å². The van der Waals surface area contributed by atoms with Gasteiger partial charge in [-0.05, 0) is 30.5 Å². The molecule has 1 rings (SSSR count). The molecule has 0 amide bonds. The van der Waals surface area contributed by atoms with E-state index in [-0.39, 0.29) is 17.1 Å².